The molecule has 0 aliphatic carbocycles. The van der Waals surface area contributed by atoms with Crippen LogP contribution in [0.15, 0.2) is 48.5 Å². The maximum absolute atomic E-state index is 13.0. The molecule has 2 unspecified atom stereocenters. The molecule has 7 heteroatoms. The number of carbonyl (C=O) groups excluding carboxylic acids is 2. The summed E-state index contributed by atoms with van der Waals surface area (Å²) in [5.41, 5.74) is 2.83. The Hall–Kier alpha value is -2.90. The monoisotopic (exact) mass is 465 g/mol. The molecular weight excluding hydrogens is 430 g/mol. The summed E-state index contributed by atoms with van der Waals surface area (Å²) in [7, 11) is 1.62. The van der Waals surface area contributed by atoms with Crippen molar-refractivity contribution in [3.63, 3.8) is 0 Å². The van der Waals surface area contributed by atoms with Crippen LogP contribution in [0.3, 0.4) is 0 Å². The van der Waals surface area contributed by atoms with Crippen LogP contribution >= 0.6 is 0 Å². The highest BCUT2D eigenvalue weighted by Crippen LogP contribution is 2.17. The number of hydrogen-bond acceptors (Lipinski definition) is 5. The zero-order valence-corrected chi connectivity index (χ0v) is 20.4. The number of carbonyl (C=O) groups is 2. The second kappa shape index (κ2) is 11.0. The van der Waals surface area contributed by atoms with Crippen LogP contribution in [0, 0.1) is 0 Å². The Morgan fingerprint density at radius 3 is 2.21 bits per heavy atom. The van der Waals surface area contributed by atoms with E-state index < -0.39 is 0 Å². The van der Waals surface area contributed by atoms with Crippen molar-refractivity contribution in [2.75, 3.05) is 46.4 Å². The summed E-state index contributed by atoms with van der Waals surface area (Å²) in [5.74, 6) is 0.859. The van der Waals surface area contributed by atoms with E-state index in [0.717, 1.165) is 30.9 Å². The molecule has 2 atom stereocenters. The van der Waals surface area contributed by atoms with Gasteiger partial charge in [0.1, 0.15) is 5.75 Å². The van der Waals surface area contributed by atoms with Crippen molar-refractivity contribution in [3.05, 3.63) is 65.2 Å². The molecule has 182 valence electrons. The average molecular weight is 466 g/mol. The summed E-state index contributed by atoms with van der Waals surface area (Å²) in [6, 6.07) is 15.5. The van der Waals surface area contributed by atoms with E-state index in [4.69, 9.17) is 9.47 Å². The van der Waals surface area contributed by atoms with E-state index in [1.807, 2.05) is 58.3 Å². The van der Waals surface area contributed by atoms with Gasteiger partial charge in [-0.3, -0.25) is 14.5 Å². The van der Waals surface area contributed by atoms with Crippen LogP contribution in [0.25, 0.3) is 0 Å². The first-order chi connectivity index (χ1) is 16.4. The van der Waals surface area contributed by atoms with E-state index in [2.05, 4.69) is 18.7 Å². The molecule has 2 aromatic rings. The Morgan fingerprint density at radius 2 is 1.56 bits per heavy atom. The first-order valence-electron chi connectivity index (χ1n) is 12.1. The predicted octanol–water partition coefficient (Wildman–Crippen LogP) is 2.83. The molecule has 0 aromatic heterocycles. The molecule has 0 N–H and O–H groups in total. The van der Waals surface area contributed by atoms with Crippen LogP contribution in [-0.4, -0.2) is 85.1 Å². The summed E-state index contributed by atoms with van der Waals surface area (Å²) in [4.78, 5) is 31.8. The van der Waals surface area contributed by atoms with E-state index in [0.29, 0.717) is 38.2 Å². The summed E-state index contributed by atoms with van der Waals surface area (Å²) in [6.45, 7) is 9.13. The van der Waals surface area contributed by atoms with E-state index >= 15 is 0 Å². The SMILES string of the molecule is COc1cccc(CC(=O)N2CCN(C(=O)c3ccc(CN4CC(C)OC(C)C4)cc3)CC2)c1. The summed E-state index contributed by atoms with van der Waals surface area (Å²) in [6.07, 6.45) is 0.823. The second-order valence-corrected chi connectivity index (χ2v) is 9.35. The Labute approximate surface area is 202 Å². The number of nitrogens with zero attached hydrogens (tertiary/aromatic N) is 3. The zero-order valence-electron chi connectivity index (χ0n) is 20.4. The first kappa shape index (κ1) is 24.2. The predicted molar refractivity (Wildman–Crippen MR) is 131 cm³/mol. The quantitative estimate of drug-likeness (QED) is 0.657. The van der Waals surface area contributed by atoms with Gasteiger partial charge >= 0.3 is 0 Å². The molecule has 2 aliphatic rings. The Bertz CT molecular complexity index is 976. The van der Waals surface area contributed by atoms with Gasteiger partial charge in [-0.15, -0.1) is 0 Å². The van der Waals surface area contributed by atoms with Crippen molar-refractivity contribution in [1.82, 2.24) is 14.7 Å². The summed E-state index contributed by atoms with van der Waals surface area (Å²) < 4.78 is 11.1. The Morgan fingerprint density at radius 1 is 0.912 bits per heavy atom. The molecule has 2 amide bonds. The molecule has 0 spiro atoms. The van der Waals surface area contributed by atoms with Crippen LogP contribution in [0.5, 0.6) is 5.75 Å². The highest BCUT2D eigenvalue weighted by Gasteiger charge is 2.25. The van der Waals surface area contributed by atoms with Gasteiger partial charge in [-0.25, -0.2) is 0 Å². The van der Waals surface area contributed by atoms with Gasteiger partial charge in [0.25, 0.3) is 5.91 Å². The van der Waals surface area contributed by atoms with Crippen molar-refractivity contribution < 1.29 is 19.1 Å². The van der Waals surface area contributed by atoms with Crippen LogP contribution in [0.1, 0.15) is 35.3 Å². The molecule has 0 radical (unpaired) electrons. The van der Waals surface area contributed by atoms with Crippen molar-refractivity contribution >= 4 is 11.8 Å². The lowest BCUT2D eigenvalue weighted by Crippen LogP contribution is -2.51. The number of hydrogen-bond donors (Lipinski definition) is 0. The van der Waals surface area contributed by atoms with Crippen LogP contribution in [-0.2, 0) is 22.5 Å². The number of methoxy groups -OCH3 is 1. The third-order valence-electron chi connectivity index (χ3n) is 6.51. The number of piperazine rings is 1. The molecule has 2 fully saturated rings. The van der Waals surface area contributed by atoms with Crippen molar-refractivity contribution in [2.45, 2.75) is 39.0 Å². The van der Waals surface area contributed by atoms with Gasteiger partial charge in [0.15, 0.2) is 0 Å². The number of morpholine rings is 1. The minimum Gasteiger partial charge on any atom is -0.497 e. The Balaban J connectivity index is 1.27. The second-order valence-electron chi connectivity index (χ2n) is 9.35. The van der Waals surface area contributed by atoms with Gasteiger partial charge in [-0.1, -0.05) is 24.3 Å². The standard InChI is InChI=1S/C27H35N3O4/c1-20-17-28(18-21(2)34-20)19-22-7-9-24(10-8-22)27(32)30-13-11-29(12-14-30)26(31)16-23-5-4-6-25(15-23)33-3/h4-10,15,20-21H,11-14,16-19H2,1-3H3. The van der Waals surface area contributed by atoms with Gasteiger partial charge < -0.3 is 19.3 Å². The lowest BCUT2D eigenvalue weighted by atomic mass is 10.1. The third kappa shape index (κ3) is 6.15. The number of ether oxygens (including phenoxy) is 2. The van der Waals surface area contributed by atoms with Crippen LogP contribution < -0.4 is 4.74 Å². The summed E-state index contributed by atoms with van der Waals surface area (Å²) >= 11 is 0. The van der Waals surface area contributed by atoms with E-state index in [9.17, 15) is 9.59 Å². The van der Waals surface area contributed by atoms with Gasteiger partial charge in [0.05, 0.1) is 25.7 Å². The normalized spacial score (nSPS) is 21.4. The number of amides is 2. The highest BCUT2D eigenvalue weighted by molar-refractivity contribution is 5.94. The van der Waals surface area contributed by atoms with Crippen LogP contribution in [0.2, 0.25) is 0 Å². The van der Waals surface area contributed by atoms with Gasteiger partial charge in [0, 0.05) is 51.4 Å². The smallest absolute Gasteiger partial charge is 0.253 e. The van der Waals surface area contributed by atoms with Crippen LogP contribution in [0.4, 0.5) is 0 Å². The topological polar surface area (TPSA) is 62.3 Å². The average Bonchev–Trinajstić information content (AvgIpc) is 2.83. The maximum Gasteiger partial charge on any atom is 0.253 e. The highest BCUT2D eigenvalue weighted by atomic mass is 16.5. The maximum atomic E-state index is 13.0. The van der Waals surface area contributed by atoms with E-state index in [1.165, 1.54) is 5.56 Å². The fourth-order valence-corrected chi connectivity index (χ4v) is 4.83. The van der Waals surface area contributed by atoms with Crippen molar-refractivity contribution in [3.8, 4) is 5.75 Å². The molecule has 0 bridgehead atoms. The molecule has 0 saturated carbocycles. The fraction of sp³-hybridized carbons (Fsp3) is 0.481. The molecule has 4 rings (SSSR count). The van der Waals surface area contributed by atoms with Crippen molar-refractivity contribution in [2.24, 2.45) is 0 Å². The Kier molecular flexibility index (Phi) is 7.85. The van der Waals surface area contributed by atoms with Gasteiger partial charge in [0.2, 0.25) is 5.91 Å². The molecular formula is C27H35N3O4. The molecule has 2 saturated heterocycles. The number of rotatable bonds is 6. The molecule has 2 heterocycles. The third-order valence-corrected chi connectivity index (χ3v) is 6.51. The fourth-order valence-electron chi connectivity index (χ4n) is 4.83. The van der Waals surface area contributed by atoms with E-state index in [1.54, 1.807) is 7.11 Å². The largest absolute Gasteiger partial charge is 0.497 e. The minimum absolute atomic E-state index is 0.0278. The van der Waals surface area contributed by atoms with Crippen molar-refractivity contribution in [1.29, 1.82) is 0 Å². The van der Waals surface area contributed by atoms with E-state index in [-0.39, 0.29) is 24.0 Å². The van der Waals surface area contributed by atoms with Gasteiger partial charge in [-0.2, -0.15) is 0 Å². The lowest BCUT2D eigenvalue weighted by molar-refractivity contribution is -0.131. The summed E-state index contributed by atoms with van der Waals surface area (Å²) in [5, 5.41) is 0. The number of benzene rings is 2. The zero-order chi connectivity index (χ0) is 24.1. The molecule has 2 aliphatic heterocycles. The molecule has 2 aromatic carbocycles. The minimum atomic E-state index is 0.0278. The lowest BCUT2D eigenvalue weighted by Gasteiger charge is -2.35. The van der Waals surface area contributed by atoms with Gasteiger partial charge in [-0.05, 0) is 49.2 Å². The first-order valence-corrected chi connectivity index (χ1v) is 12.1. The molecule has 34 heavy (non-hydrogen) atoms. The molecule has 7 nitrogen and oxygen atoms in total.